The molecule has 21 heavy (non-hydrogen) atoms. The van der Waals surface area contributed by atoms with Crippen LogP contribution in [0.4, 0.5) is 10.5 Å². The molecule has 0 aliphatic rings. The highest BCUT2D eigenvalue weighted by Crippen LogP contribution is 2.04. The van der Waals surface area contributed by atoms with Gasteiger partial charge in [-0.1, -0.05) is 6.07 Å². The molecule has 2 aromatic heterocycles. The summed E-state index contributed by atoms with van der Waals surface area (Å²) in [4.78, 5) is 26.1. The van der Waals surface area contributed by atoms with Crippen molar-refractivity contribution in [3.05, 3.63) is 42.0 Å². The van der Waals surface area contributed by atoms with E-state index in [-0.39, 0.29) is 18.3 Å². The predicted octanol–water partition coefficient (Wildman–Crippen LogP) is 1.32. The van der Waals surface area contributed by atoms with E-state index < -0.39 is 5.97 Å². The average Bonchev–Trinajstić information content (AvgIpc) is 2.93. The van der Waals surface area contributed by atoms with Crippen LogP contribution in [0, 0.1) is 0 Å². The minimum Gasteiger partial charge on any atom is -0.477 e. The summed E-state index contributed by atoms with van der Waals surface area (Å²) < 4.78 is 1.70. The minimum absolute atomic E-state index is 0.0322. The third-order valence-corrected chi connectivity index (χ3v) is 2.71. The van der Waals surface area contributed by atoms with E-state index in [0.29, 0.717) is 11.3 Å². The van der Waals surface area contributed by atoms with Gasteiger partial charge < -0.3 is 15.7 Å². The molecular weight excluding hydrogens is 274 g/mol. The van der Waals surface area contributed by atoms with Crippen molar-refractivity contribution in [1.29, 1.82) is 0 Å². The van der Waals surface area contributed by atoms with Gasteiger partial charge in [-0.05, 0) is 18.6 Å². The van der Waals surface area contributed by atoms with Crippen LogP contribution >= 0.6 is 0 Å². The zero-order valence-electron chi connectivity index (χ0n) is 11.4. The maximum absolute atomic E-state index is 11.7. The number of aryl methyl sites for hydroxylation is 1. The Balaban J connectivity index is 1.84. The number of pyridine rings is 1. The molecule has 0 fully saturated rings. The summed E-state index contributed by atoms with van der Waals surface area (Å²) >= 11 is 0. The molecule has 2 aromatic rings. The van der Waals surface area contributed by atoms with Crippen LogP contribution in [0.15, 0.2) is 30.7 Å². The molecule has 0 aliphatic heterocycles. The van der Waals surface area contributed by atoms with Gasteiger partial charge in [-0.15, -0.1) is 0 Å². The van der Waals surface area contributed by atoms with Crippen molar-refractivity contribution < 1.29 is 14.7 Å². The third kappa shape index (κ3) is 4.03. The van der Waals surface area contributed by atoms with Crippen molar-refractivity contribution in [2.75, 3.05) is 5.32 Å². The first-order valence-corrected chi connectivity index (χ1v) is 6.34. The largest absolute Gasteiger partial charge is 0.477 e. The number of rotatable bonds is 5. The molecule has 0 radical (unpaired) electrons. The molecular formula is C13H15N5O3. The summed E-state index contributed by atoms with van der Waals surface area (Å²) in [5.41, 5.74) is 1.28. The molecule has 2 amide bonds. The lowest BCUT2D eigenvalue weighted by Gasteiger charge is -2.06. The maximum Gasteiger partial charge on any atom is 0.354 e. The molecule has 0 aliphatic carbocycles. The topological polar surface area (TPSA) is 109 Å². The van der Waals surface area contributed by atoms with Gasteiger partial charge in [0.2, 0.25) is 0 Å². The molecule has 0 saturated carbocycles. The number of carboxylic acids is 1. The number of hydrogen-bond acceptors (Lipinski definition) is 4. The fraction of sp³-hybridized carbons (Fsp3) is 0.231. The number of urea groups is 1. The summed E-state index contributed by atoms with van der Waals surface area (Å²) in [6.07, 6.45) is 4.70. The van der Waals surface area contributed by atoms with Crippen molar-refractivity contribution in [1.82, 2.24) is 20.1 Å². The van der Waals surface area contributed by atoms with E-state index in [9.17, 15) is 9.59 Å². The number of nitrogens with one attached hydrogen (secondary N) is 2. The fourth-order valence-electron chi connectivity index (χ4n) is 1.61. The van der Waals surface area contributed by atoms with Gasteiger partial charge in [0.05, 0.1) is 11.9 Å². The van der Waals surface area contributed by atoms with Gasteiger partial charge in [0.15, 0.2) is 0 Å². The first-order valence-electron chi connectivity index (χ1n) is 6.34. The molecule has 8 nitrogen and oxygen atoms in total. The average molecular weight is 289 g/mol. The molecule has 2 heterocycles. The van der Waals surface area contributed by atoms with Crippen LogP contribution in [0.3, 0.4) is 0 Å². The zero-order chi connectivity index (χ0) is 15.2. The second-order valence-corrected chi connectivity index (χ2v) is 4.25. The number of carbonyl (C=O) groups excluding carboxylic acids is 1. The number of nitrogens with zero attached hydrogens (tertiary/aromatic N) is 3. The quantitative estimate of drug-likeness (QED) is 0.769. The third-order valence-electron chi connectivity index (χ3n) is 2.71. The van der Waals surface area contributed by atoms with Crippen LogP contribution in [-0.2, 0) is 13.1 Å². The van der Waals surface area contributed by atoms with E-state index in [1.165, 1.54) is 12.3 Å². The van der Waals surface area contributed by atoms with E-state index in [2.05, 4.69) is 20.7 Å². The Morgan fingerprint density at radius 2 is 2.14 bits per heavy atom. The van der Waals surface area contributed by atoms with Gasteiger partial charge in [0.1, 0.15) is 5.69 Å². The number of hydrogen-bond donors (Lipinski definition) is 3. The summed E-state index contributed by atoms with van der Waals surface area (Å²) in [5.74, 6) is -1.08. The first-order chi connectivity index (χ1) is 10.1. The number of carboxylic acid groups (broad SMARTS) is 1. The molecule has 110 valence electrons. The number of aromatic carboxylic acids is 1. The van der Waals surface area contributed by atoms with Gasteiger partial charge in [-0.25, -0.2) is 14.6 Å². The lowest BCUT2D eigenvalue weighted by atomic mass is 10.2. The highest BCUT2D eigenvalue weighted by Gasteiger charge is 2.06. The standard InChI is InChI=1S/C13H15N5O3/c1-2-18-8-10(7-16-18)17-13(21)15-6-9-3-4-11(12(19)20)14-5-9/h3-5,7-8H,2,6H2,1H3,(H,19,20)(H2,15,17,21). The molecule has 0 aromatic carbocycles. The molecule has 0 atom stereocenters. The van der Waals surface area contributed by atoms with Crippen molar-refractivity contribution in [3.63, 3.8) is 0 Å². The lowest BCUT2D eigenvalue weighted by Crippen LogP contribution is -2.28. The van der Waals surface area contributed by atoms with Crippen molar-refractivity contribution >= 4 is 17.7 Å². The van der Waals surface area contributed by atoms with Crippen molar-refractivity contribution in [2.24, 2.45) is 0 Å². The monoisotopic (exact) mass is 289 g/mol. The number of aromatic nitrogens is 3. The maximum atomic E-state index is 11.7. The van der Waals surface area contributed by atoms with Gasteiger partial charge >= 0.3 is 12.0 Å². The smallest absolute Gasteiger partial charge is 0.354 e. The van der Waals surface area contributed by atoms with E-state index in [1.807, 2.05) is 6.92 Å². The Morgan fingerprint density at radius 3 is 2.71 bits per heavy atom. The van der Waals surface area contributed by atoms with Crippen molar-refractivity contribution in [3.8, 4) is 0 Å². The summed E-state index contributed by atoms with van der Waals surface area (Å²) in [5, 5.41) is 18.1. The number of amides is 2. The Labute approximate surface area is 120 Å². The summed E-state index contributed by atoms with van der Waals surface area (Å²) in [6, 6.07) is 2.63. The fourth-order valence-corrected chi connectivity index (χ4v) is 1.61. The van der Waals surface area contributed by atoms with Crippen molar-refractivity contribution in [2.45, 2.75) is 20.0 Å². The number of anilines is 1. The predicted molar refractivity (Wildman–Crippen MR) is 75.0 cm³/mol. The van der Waals surface area contributed by atoms with Gasteiger partial charge in [-0.2, -0.15) is 5.10 Å². The van der Waals surface area contributed by atoms with Crippen LogP contribution in [0.2, 0.25) is 0 Å². The van der Waals surface area contributed by atoms with Crippen LogP contribution in [0.5, 0.6) is 0 Å². The lowest BCUT2D eigenvalue weighted by molar-refractivity contribution is 0.0690. The van der Waals surface area contributed by atoms with Gasteiger partial charge in [0, 0.05) is 25.5 Å². The highest BCUT2D eigenvalue weighted by atomic mass is 16.4. The summed E-state index contributed by atoms with van der Waals surface area (Å²) in [6.45, 7) is 2.93. The highest BCUT2D eigenvalue weighted by molar-refractivity contribution is 5.88. The molecule has 3 N–H and O–H groups in total. The van der Waals surface area contributed by atoms with Crippen LogP contribution in [0.1, 0.15) is 23.0 Å². The normalized spacial score (nSPS) is 10.1. The SMILES string of the molecule is CCn1cc(NC(=O)NCc2ccc(C(=O)O)nc2)cn1. The van der Waals surface area contributed by atoms with E-state index >= 15 is 0 Å². The van der Waals surface area contributed by atoms with E-state index in [4.69, 9.17) is 5.11 Å². The molecule has 8 heteroatoms. The van der Waals surface area contributed by atoms with Crippen LogP contribution < -0.4 is 10.6 Å². The Kier molecular flexibility index (Phi) is 4.50. The molecule has 0 bridgehead atoms. The second-order valence-electron chi connectivity index (χ2n) is 4.25. The minimum atomic E-state index is -1.08. The molecule has 2 rings (SSSR count). The molecule has 0 unspecified atom stereocenters. The van der Waals surface area contributed by atoms with Gasteiger partial charge in [0.25, 0.3) is 0 Å². The zero-order valence-corrected chi connectivity index (χ0v) is 11.4. The van der Waals surface area contributed by atoms with Crippen LogP contribution in [0.25, 0.3) is 0 Å². The Morgan fingerprint density at radius 1 is 1.33 bits per heavy atom. The second kappa shape index (κ2) is 6.51. The van der Waals surface area contributed by atoms with Crippen LogP contribution in [-0.4, -0.2) is 31.9 Å². The number of carbonyl (C=O) groups is 2. The Hall–Kier alpha value is -2.90. The summed E-state index contributed by atoms with van der Waals surface area (Å²) in [7, 11) is 0. The Bertz CT molecular complexity index is 636. The molecule has 0 spiro atoms. The van der Waals surface area contributed by atoms with E-state index in [0.717, 1.165) is 6.54 Å². The molecule has 0 saturated heterocycles. The van der Waals surface area contributed by atoms with E-state index in [1.54, 1.807) is 23.1 Å². The van der Waals surface area contributed by atoms with Gasteiger partial charge in [-0.3, -0.25) is 4.68 Å². The first kappa shape index (κ1) is 14.5.